The van der Waals surface area contributed by atoms with Crippen LogP contribution in [-0.2, 0) is 13.0 Å². The molecule has 2 N–H and O–H groups in total. The first-order valence-electron chi connectivity index (χ1n) is 6.87. The molecule has 0 aliphatic carbocycles. The molecule has 1 saturated heterocycles. The number of thiazole rings is 1. The summed E-state index contributed by atoms with van der Waals surface area (Å²) < 4.78 is 0. The van der Waals surface area contributed by atoms with Crippen LogP contribution >= 0.6 is 11.3 Å². The summed E-state index contributed by atoms with van der Waals surface area (Å²) in [5.74, 6) is 0.691. The number of aromatic nitrogens is 1. The largest absolute Gasteiger partial charge is 0.330 e. The van der Waals surface area contributed by atoms with Crippen molar-refractivity contribution in [3.05, 3.63) is 16.1 Å². The van der Waals surface area contributed by atoms with Crippen LogP contribution in [0.1, 0.15) is 37.1 Å². The van der Waals surface area contributed by atoms with E-state index in [1.165, 1.54) is 22.9 Å². The van der Waals surface area contributed by atoms with Crippen molar-refractivity contribution in [2.75, 3.05) is 19.6 Å². The minimum atomic E-state index is 0.325. The van der Waals surface area contributed by atoms with Gasteiger partial charge in [0.1, 0.15) is 0 Å². The third-order valence-corrected chi connectivity index (χ3v) is 4.70. The fraction of sp³-hybridized carbons (Fsp3) is 0.786. The predicted octanol–water partition coefficient (Wildman–Crippen LogP) is 2.51. The van der Waals surface area contributed by atoms with Gasteiger partial charge in [0, 0.05) is 30.6 Å². The highest BCUT2D eigenvalue weighted by Gasteiger charge is 2.32. The summed E-state index contributed by atoms with van der Waals surface area (Å²) in [5.41, 5.74) is 6.17. The third-order valence-electron chi connectivity index (χ3n) is 3.69. The minimum absolute atomic E-state index is 0.325. The van der Waals surface area contributed by atoms with Crippen molar-refractivity contribution in [3.8, 4) is 0 Å². The van der Waals surface area contributed by atoms with Gasteiger partial charge >= 0.3 is 0 Å². The Labute approximate surface area is 114 Å². The van der Waals surface area contributed by atoms with Gasteiger partial charge in [-0.15, -0.1) is 11.3 Å². The van der Waals surface area contributed by atoms with Crippen molar-refractivity contribution in [2.24, 2.45) is 17.1 Å². The van der Waals surface area contributed by atoms with Crippen molar-refractivity contribution in [3.63, 3.8) is 0 Å². The van der Waals surface area contributed by atoms with Gasteiger partial charge in [0.25, 0.3) is 0 Å². The maximum absolute atomic E-state index is 5.85. The monoisotopic (exact) mass is 267 g/mol. The van der Waals surface area contributed by atoms with Crippen LogP contribution in [0.3, 0.4) is 0 Å². The van der Waals surface area contributed by atoms with Crippen LogP contribution in [0.15, 0.2) is 6.20 Å². The molecule has 1 atom stereocenters. The van der Waals surface area contributed by atoms with Gasteiger partial charge in [-0.1, -0.05) is 20.8 Å². The van der Waals surface area contributed by atoms with Gasteiger partial charge in [-0.05, 0) is 30.8 Å². The van der Waals surface area contributed by atoms with E-state index in [1.807, 2.05) is 11.3 Å². The molecule has 102 valence electrons. The molecule has 0 bridgehead atoms. The normalized spacial score (nSPS) is 25.2. The summed E-state index contributed by atoms with van der Waals surface area (Å²) in [4.78, 5) is 8.43. The second-order valence-corrected chi connectivity index (χ2v) is 7.49. The van der Waals surface area contributed by atoms with E-state index < -0.39 is 0 Å². The van der Waals surface area contributed by atoms with Gasteiger partial charge in [-0.25, -0.2) is 4.98 Å². The van der Waals surface area contributed by atoms with E-state index in [0.717, 1.165) is 26.1 Å². The summed E-state index contributed by atoms with van der Waals surface area (Å²) in [6, 6.07) is 0. The molecule has 4 heteroatoms. The first-order chi connectivity index (χ1) is 8.50. The van der Waals surface area contributed by atoms with Gasteiger partial charge in [0.05, 0.1) is 5.01 Å². The Hall–Kier alpha value is -0.450. The highest BCUT2D eigenvalue weighted by molar-refractivity contribution is 7.11. The van der Waals surface area contributed by atoms with Crippen LogP contribution in [0, 0.1) is 11.3 Å². The lowest BCUT2D eigenvalue weighted by molar-refractivity contribution is 0.276. The maximum Gasteiger partial charge on any atom is 0.0930 e. The molecule has 1 fully saturated rings. The second-order valence-electron chi connectivity index (χ2n) is 6.29. The van der Waals surface area contributed by atoms with E-state index in [2.05, 4.69) is 36.9 Å². The molecule has 3 nitrogen and oxygen atoms in total. The Morgan fingerprint density at radius 1 is 1.56 bits per heavy atom. The molecule has 1 unspecified atom stereocenters. The molecule has 2 heterocycles. The molecule has 0 amide bonds. The Bertz CT molecular complexity index is 388. The smallest absolute Gasteiger partial charge is 0.0930 e. The van der Waals surface area contributed by atoms with Gasteiger partial charge in [0.15, 0.2) is 0 Å². The first-order valence-corrected chi connectivity index (χ1v) is 7.68. The molecular formula is C14H25N3S. The third kappa shape index (κ3) is 3.53. The SMILES string of the molecule is CC(C)Cc1ncc(CN2CCC(C)(CN)C2)s1. The van der Waals surface area contributed by atoms with E-state index in [9.17, 15) is 0 Å². The molecule has 0 saturated carbocycles. The van der Waals surface area contributed by atoms with Crippen LogP contribution < -0.4 is 5.73 Å². The summed E-state index contributed by atoms with van der Waals surface area (Å²) in [5, 5.41) is 1.28. The average Bonchev–Trinajstić information content (AvgIpc) is 2.87. The molecule has 0 spiro atoms. The van der Waals surface area contributed by atoms with Gasteiger partial charge in [-0.3, -0.25) is 4.90 Å². The van der Waals surface area contributed by atoms with E-state index >= 15 is 0 Å². The van der Waals surface area contributed by atoms with E-state index in [4.69, 9.17) is 5.73 Å². The van der Waals surface area contributed by atoms with Crippen molar-refractivity contribution in [2.45, 2.75) is 40.2 Å². The Morgan fingerprint density at radius 2 is 2.33 bits per heavy atom. The van der Waals surface area contributed by atoms with E-state index in [1.54, 1.807) is 0 Å². The first kappa shape index (κ1) is 14.0. The molecule has 18 heavy (non-hydrogen) atoms. The molecule has 1 aliphatic heterocycles. The highest BCUT2D eigenvalue weighted by atomic mass is 32.1. The molecule has 1 aromatic heterocycles. The zero-order valence-corrected chi connectivity index (χ0v) is 12.6. The summed E-state index contributed by atoms with van der Waals surface area (Å²) >= 11 is 1.87. The van der Waals surface area contributed by atoms with Gasteiger partial charge in [-0.2, -0.15) is 0 Å². The van der Waals surface area contributed by atoms with E-state index in [0.29, 0.717) is 11.3 Å². The Morgan fingerprint density at radius 3 is 2.94 bits per heavy atom. The summed E-state index contributed by atoms with van der Waals surface area (Å²) in [6.07, 6.45) is 4.38. The zero-order chi connectivity index (χ0) is 13.2. The summed E-state index contributed by atoms with van der Waals surface area (Å²) in [7, 11) is 0. The number of nitrogens with zero attached hydrogens (tertiary/aromatic N) is 2. The lowest BCUT2D eigenvalue weighted by Crippen LogP contribution is -2.30. The Kier molecular flexibility index (Phi) is 4.41. The zero-order valence-electron chi connectivity index (χ0n) is 11.8. The van der Waals surface area contributed by atoms with Gasteiger partial charge < -0.3 is 5.73 Å². The second kappa shape index (κ2) is 5.68. The van der Waals surface area contributed by atoms with Crippen LogP contribution in [0.4, 0.5) is 0 Å². The maximum atomic E-state index is 5.85. The molecule has 2 rings (SSSR count). The number of nitrogens with two attached hydrogens (primary N) is 1. The topological polar surface area (TPSA) is 42.2 Å². The number of rotatable bonds is 5. The highest BCUT2D eigenvalue weighted by Crippen LogP contribution is 2.30. The van der Waals surface area contributed by atoms with E-state index in [-0.39, 0.29) is 0 Å². The predicted molar refractivity (Wildman–Crippen MR) is 77.7 cm³/mol. The van der Waals surface area contributed by atoms with Crippen LogP contribution in [0.2, 0.25) is 0 Å². The number of hydrogen-bond donors (Lipinski definition) is 1. The summed E-state index contributed by atoms with van der Waals surface area (Å²) in [6.45, 7) is 10.9. The van der Waals surface area contributed by atoms with Crippen LogP contribution in [0.5, 0.6) is 0 Å². The van der Waals surface area contributed by atoms with Crippen molar-refractivity contribution < 1.29 is 0 Å². The molecule has 1 aliphatic rings. The molecule has 1 aromatic rings. The van der Waals surface area contributed by atoms with Crippen molar-refractivity contribution in [1.82, 2.24) is 9.88 Å². The fourth-order valence-electron chi connectivity index (χ4n) is 2.51. The average molecular weight is 267 g/mol. The number of likely N-dealkylation sites (tertiary alicyclic amines) is 1. The van der Waals surface area contributed by atoms with Crippen molar-refractivity contribution >= 4 is 11.3 Å². The molecule has 0 aromatic carbocycles. The quantitative estimate of drug-likeness (QED) is 0.891. The minimum Gasteiger partial charge on any atom is -0.330 e. The Balaban J connectivity index is 1.89. The fourth-order valence-corrected chi connectivity index (χ4v) is 3.69. The van der Waals surface area contributed by atoms with Gasteiger partial charge in [0.2, 0.25) is 0 Å². The van der Waals surface area contributed by atoms with Crippen LogP contribution in [0.25, 0.3) is 0 Å². The number of hydrogen-bond acceptors (Lipinski definition) is 4. The lowest BCUT2D eigenvalue weighted by Gasteiger charge is -2.22. The molecule has 0 radical (unpaired) electrons. The standard InChI is InChI=1S/C14H25N3S/c1-11(2)6-13-16-7-12(18-13)8-17-5-4-14(3,9-15)10-17/h7,11H,4-6,8-10,15H2,1-3H3. The molecular weight excluding hydrogens is 242 g/mol. The van der Waals surface area contributed by atoms with Crippen molar-refractivity contribution in [1.29, 1.82) is 0 Å². The lowest BCUT2D eigenvalue weighted by atomic mass is 9.90. The van der Waals surface area contributed by atoms with Crippen LogP contribution in [-0.4, -0.2) is 29.5 Å².